The van der Waals surface area contributed by atoms with Gasteiger partial charge in [-0.25, -0.2) is 0 Å². The molecule has 6 aromatic rings. The minimum Gasteiger partial charge on any atom is -0.388 e. The number of pyridine rings is 2. The average molecular weight is 545 g/mol. The Morgan fingerprint density at radius 1 is 0.512 bits per heavy atom. The largest absolute Gasteiger partial charge is 0.388 e. The van der Waals surface area contributed by atoms with E-state index in [-0.39, 0.29) is 0 Å². The van der Waals surface area contributed by atoms with Crippen LogP contribution >= 0.6 is 0 Å². The van der Waals surface area contributed by atoms with Crippen LogP contribution in [0.25, 0.3) is 21.8 Å². The summed E-state index contributed by atoms with van der Waals surface area (Å²) in [5, 5.41) is 14.7. The summed E-state index contributed by atoms with van der Waals surface area (Å²) in [6.45, 7) is 0.959. The number of nitrogens with zero attached hydrogens (tertiary/aromatic N) is 2. The second-order valence-electron chi connectivity index (χ2n) is 8.92. The molecule has 210 valence electrons. The first kappa shape index (κ1) is 30.6. The number of benzene rings is 4. The molecule has 0 saturated carbocycles. The summed E-state index contributed by atoms with van der Waals surface area (Å²) in [5.41, 5.74) is 6.76. The molecule has 0 aliphatic heterocycles. The first-order chi connectivity index (χ1) is 20.2. The van der Waals surface area contributed by atoms with Gasteiger partial charge in [0, 0.05) is 62.2 Å². The van der Waals surface area contributed by atoms with Crippen molar-refractivity contribution in [3.63, 3.8) is 0 Å². The SMILES string of the molecule is CNCc1ccccc1.CNc1ccc2ncccc2c1.CNc1cccc2cccnc12.CNc1ccccc1. The third-order valence-corrected chi connectivity index (χ3v) is 6.08. The van der Waals surface area contributed by atoms with E-state index in [0.717, 1.165) is 34.6 Å². The highest BCUT2D eigenvalue weighted by Crippen LogP contribution is 2.19. The Labute approximate surface area is 243 Å². The van der Waals surface area contributed by atoms with Crippen LogP contribution in [0, 0.1) is 0 Å². The van der Waals surface area contributed by atoms with Crippen LogP contribution in [0.2, 0.25) is 0 Å². The van der Waals surface area contributed by atoms with Crippen LogP contribution in [0.5, 0.6) is 0 Å². The fourth-order valence-electron chi connectivity index (χ4n) is 3.94. The lowest BCUT2D eigenvalue weighted by molar-refractivity contribution is 0.818. The summed E-state index contributed by atoms with van der Waals surface area (Å²) >= 11 is 0. The molecule has 0 atom stereocenters. The van der Waals surface area contributed by atoms with E-state index in [0.29, 0.717) is 0 Å². The van der Waals surface area contributed by atoms with Gasteiger partial charge < -0.3 is 21.3 Å². The quantitative estimate of drug-likeness (QED) is 0.178. The number of fused-ring (bicyclic) bond motifs is 2. The van der Waals surface area contributed by atoms with Crippen molar-refractivity contribution in [1.29, 1.82) is 0 Å². The fourth-order valence-corrected chi connectivity index (χ4v) is 3.94. The van der Waals surface area contributed by atoms with Crippen LogP contribution in [0.15, 0.2) is 134 Å². The summed E-state index contributed by atoms with van der Waals surface area (Å²) < 4.78 is 0. The van der Waals surface area contributed by atoms with Crippen LogP contribution in [0.4, 0.5) is 17.1 Å². The lowest BCUT2D eigenvalue weighted by Gasteiger charge is -2.02. The number of aromatic nitrogens is 2. The van der Waals surface area contributed by atoms with Crippen molar-refractivity contribution < 1.29 is 0 Å². The summed E-state index contributed by atoms with van der Waals surface area (Å²) in [7, 11) is 7.68. The highest BCUT2D eigenvalue weighted by molar-refractivity contribution is 5.90. The second-order valence-corrected chi connectivity index (χ2v) is 8.92. The Hall–Kier alpha value is -4.94. The molecule has 0 fully saturated rings. The maximum atomic E-state index is 4.29. The van der Waals surface area contributed by atoms with Crippen molar-refractivity contribution in [3.8, 4) is 0 Å². The Morgan fingerprint density at radius 3 is 1.78 bits per heavy atom. The van der Waals surface area contributed by atoms with Gasteiger partial charge in [-0.15, -0.1) is 0 Å². The number of hydrogen-bond donors (Lipinski definition) is 4. The lowest BCUT2D eigenvalue weighted by Crippen LogP contribution is -2.04. The zero-order valence-corrected chi connectivity index (χ0v) is 24.3. The van der Waals surface area contributed by atoms with Crippen molar-refractivity contribution in [1.82, 2.24) is 15.3 Å². The topological polar surface area (TPSA) is 73.9 Å². The summed E-state index contributed by atoms with van der Waals surface area (Å²) in [4.78, 5) is 8.52. The van der Waals surface area contributed by atoms with Gasteiger partial charge in [0.1, 0.15) is 0 Å². The van der Waals surface area contributed by atoms with Crippen molar-refractivity contribution in [2.45, 2.75) is 6.54 Å². The van der Waals surface area contributed by atoms with E-state index < -0.39 is 0 Å². The Balaban J connectivity index is 0.000000153. The number of anilines is 3. The number of nitrogens with one attached hydrogen (secondary N) is 4. The molecule has 0 aliphatic carbocycles. The van der Waals surface area contributed by atoms with E-state index in [1.165, 1.54) is 16.3 Å². The number of para-hydroxylation sites is 2. The minimum atomic E-state index is 0.959. The van der Waals surface area contributed by atoms with Crippen molar-refractivity contribution >= 4 is 38.9 Å². The Kier molecular flexibility index (Phi) is 13.1. The molecule has 0 saturated heterocycles. The first-order valence-electron chi connectivity index (χ1n) is 13.6. The average Bonchev–Trinajstić information content (AvgIpc) is 3.06. The standard InChI is InChI=1S/2C10H10N2.C8H11N.C7H9N/c1-11-9-6-2-4-8-5-3-7-12-10(8)9;1-11-9-4-5-10-8(7-9)3-2-6-12-10;1-9-7-8-5-3-2-4-6-8;1-8-7-5-3-2-4-6-7/h2*2-7,11H,1H3;2-6,9H,7H2,1H3;2-6,8H,1H3. The minimum absolute atomic E-state index is 0.959. The van der Waals surface area contributed by atoms with Gasteiger partial charge in [-0.3, -0.25) is 9.97 Å². The molecule has 6 heteroatoms. The molecule has 0 spiro atoms. The fraction of sp³-hybridized carbons (Fsp3) is 0.143. The molecule has 0 aliphatic rings. The molecule has 0 amide bonds. The highest BCUT2D eigenvalue weighted by atomic mass is 14.8. The van der Waals surface area contributed by atoms with Gasteiger partial charge in [0.15, 0.2) is 0 Å². The zero-order chi connectivity index (χ0) is 29.1. The van der Waals surface area contributed by atoms with Gasteiger partial charge in [0.05, 0.1) is 16.7 Å². The molecule has 41 heavy (non-hydrogen) atoms. The molecule has 6 nitrogen and oxygen atoms in total. The smallest absolute Gasteiger partial charge is 0.0933 e. The third kappa shape index (κ3) is 10.3. The van der Waals surface area contributed by atoms with Crippen molar-refractivity contribution in [2.24, 2.45) is 0 Å². The van der Waals surface area contributed by atoms with E-state index in [1.807, 2.05) is 119 Å². The molecule has 0 bridgehead atoms. The predicted octanol–water partition coefficient (Wildman–Crippen LogP) is 7.69. The van der Waals surface area contributed by atoms with E-state index >= 15 is 0 Å². The van der Waals surface area contributed by atoms with Crippen LogP contribution < -0.4 is 21.3 Å². The molecular weight excluding hydrogens is 504 g/mol. The molecular formula is C35H40N6. The van der Waals surface area contributed by atoms with Crippen molar-refractivity contribution in [3.05, 3.63) is 139 Å². The molecule has 6 rings (SSSR count). The van der Waals surface area contributed by atoms with Gasteiger partial charge >= 0.3 is 0 Å². The maximum absolute atomic E-state index is 4.29. The molecule has 0 radical (unpaired) electrons. The summed E-state index contributed by atoms with van der Waals surface area (Å²) in [6, 6.07) is 40.6. The van der Waals surface area contributed by atoms with E-state index in [1.54, 1.807) is 6.20 Å². The maximum Gasteiger partial charge on any atom is 0.0933 e. The summed E-state index contributed by atoms with van der Waals surface area (Å²) in [5.74, 6) is 0. The molecule has 0 unspecified atom stereocenters. The monoisotopic (exact) mass is 544 g/mol. The van der Waals surface area contributed by atoms with Gasteiger partial charge in [0.2, 0.25) is 0 Å². The second kappa shape index (κ2) is 17.6. The predicted molar refractivity (Wildman–Crippen MR) is 178 cm³/mol. The normalized spacial score (nSPS) is 9.66. The van der Waals surface area contributed by atoms with Crippen LogP contribution in [0.3, 0.4) is 0 Å². The molecule has 2 heterocycles. The van der Waals surface area contributed by atoms with E-state index in [4.69, 9.17) is 0 Å². The van der Waals surface area contributed by atoms with E-state index in [2.05, 4.69) is 67.6 Å². The number of hydrogen-bond acceptors (Lipinski definition) is 6. The van der Waals surface area contributed by atoms with Gasteiger partial charge in [0.25, 0.3) is 0 Å². The molecule has 4 aromatic carbocycles. The Bertz CT molecular complexity index is 1540. The van der Waals surface area contributed by atoms with Gasteiger partial charge in [-0.1, -0.05) is 72.8 Å². The lowest BCUT2D eigenvalue weighted by atomic mass is 10.2. The van der Waals surface area contributed by atoms with Gasteiger partial charge in [-0.2, -0.15) is 0 Å². The Morgan fingerprint density at radius 2 is 1.15 bits per heavy atom. The molecule has 4 N–H and O–H groups in total. The summed E-state index contributed by atoms with van der Waals surface area (Å²) in [6.07, 6.45) is 3.62. The van der Waals surface area contributed by atoms with Crippen LogP contribution in [-0.4, -0.2) is 38.2 Å². The van der Waals surface area contributed by atoms with Gasteiger partial charge in [-0.05, 0) is 61.1 Å². The van der Waals surface area contributed by atoms with E-state index in [9.17, 15) is 0 Å². The van der Waals surface area contributed by atoms with Crippen LogP contribution in [0.1, 0.15) is 5.56 Å². The highest BCUT2D eigenvalue weighted by Gasteiger charge is 1.97. The zero-order valence-electron chi connectivity index (χ0n) is 24.3. The first-order valence-corrected chi connectivity index (χ1v) is 13.6. The number of rotatable bonds is 5. The van der Waals surface area contributed by atoms with Crippen molar-refractivity contribution in [2.75, 3.05) is 44.1 Å². The third-order valence-electron chi connectivity index (χ3n) is 6.08. The van der Waals surface area contributed by atoms with Crippen LogP contribution in [-0.2, 0) is 6.54 Å². The molecule has 2 aromatic heterocycles.